The predicted octanol–water partition coefficient (Wildman–Crippen LogP) is 2.48. The second-order valence-corrected chi connectivity index (χ2v) is 7.53. The van der Waals surface area contributed by atoms with Crippen molar-refractivity contribution in [3.8, 4) is 5.75 Å². The van der Waals surface area contributed by atoms with Crippen molar-refractivity contribution >= 4 is 21.4 Å². The predicted molar refractivity (Wildman–Crippen MR) is 76.2 cm³/mol. The van der Waals surface area contributed by atoms with E-state index in [1.165, 1.54) is 0 Å². The minimum absolute atomic E-state index is 0.126. The number of anilines is 1. The van der Waals surface area contributed by atoms with E-state index in [0.717, 1.165) is 18.2 Å². The van der Waals surface area contributed by atoms with Crippen molar-refractivity contribution in [2.45, 2.75) is 27.2 Å². The quantitative estimate of drug-likeness (QED) is 0.493. The van der Waals surface area contributed by atoms with Crippen LogP contribution in [0.4, 0.5) is 11.4 Å². The maximum atomic E-state index is 11.9. The van der Waals surface area contributed by atoms with E-state index in [1.54, 1.807) is 0 Å². The van der Waals surface area contributed by atoms with Crippen LogP contribution in [0, 0.1) is 15.5 Å². The van der Waals surface area contributed by atoms with Crippen molar-refractivity contribution < 1.29 is 18.4 Å². The summed E-state index contributed by atoms with van der Waals surface area (Å²) in [4.78, 5) is 9.97. The molecule has 0 aliphatic rings. The minimum Gasteiger partial charge on any atom is -0.506 e. The summed E-state index contributed by atoms with van der Waals surface area (Å²) in [6.07, 6.45) is 0.429. The van der Waals surface area contributed by atoms with Gasteiger partial charge in [-0.25, -0.2) is 8.42 Å². The monoisotopic (exact) mass is 302 g/mol. The molecule has 0 aliphatic heterocycles. The van der Waals surface area contributed by atoms with Gasteiger partial charge in [-0.15, -0.1) is 0 Å². The van der Waals surface area contributed by atoms with E-state index in [9.17, 15) is 23.6 Å². The summed E-state index contributed by atoms with van der Waals surface area (Å²) < 4.78 is 25.9. The first-order valence-electron chi connectivity index (χ1n) is 5.98. The lowest BCUT2D eigenvalue weighted by Crippen LogP contribution is -2.21. The second kappa shape index (κ2) is 5.66. The number of aromatic hydroxyl groups is 1. The molecule has 0 saturated carbocycles. The van der Waals surface area contributed by atoms with Gasteiger partial charge in [0.05, 0.1) is 16.4 Å². The van der Waals surface area contributed by atoms with Gasteiger partial charge in [-0.05, 0) is 17.9 Å². The second-order valence-electron chi connectivity index (χ2n) is 5.69. The Bertz CT molecular complexity index is 605. The molecular weight excluding hydrogens is 284 g/mol. The van der Waals surface area contributed by atoms with Gasteiger partial charge in [-0.3, -0.25) is 14.8 Å². The highest BCUT2D eigenvalue weighted by atomic mass is 32.2. The third kappa shape index (κ3) is 5.04. The summed E-state index contributed by atoms with van der Waals surface area (Å²) in [5.74, 6) is -0.478. The van der Waals surface area contributed by atoms with Crippen molar-refractivity contribution in [3.63, 3.8) is 0 Å². The van der Waals surface area contributed by atoms with Gasteiger partial charge < -0.3 is 5.11 Å². The maximum absolute atomic E-state index is 11.9. The highest BCUT2D eigenvalue weighted by molar-refractivity contribution is 7.92. The molecule has 1 aromatic rings. The molecule has 0 heterocycles. The third-order valence-corrected chi connectivity index (χ3v) is 3.85. The number of non-ortho nitro benzene ring substituents is 1. The van der Waals surface area contributed by atoms with E-state index in [4.69, 9.17) is 0 Å². The summed E-state index contributed by atoms with van der Waals surface area (Å²) in [7, 11) is -3.67. The van der Waals surface area contributed by atoms with Gasteiger partial charge in [0.15, 0.2) is 0 Å². The summed E-state index contributed by atoms with van der Waals surface area (Å²) in [5.41, 5.74) is -0.635. The molecule has 0 aliphatic carbocycles. The zero-order valence-corrected chi connectivity index (χ0v) is 12.4. The first kappa shape index (κ1) is 16.2. The molecule has 0 bridgehead atoms. The topological polar surface area (TPSA) is 110 Å². The van der Waals surface area contributed by atoms with Gasteiger partial charge in [-0.1, -0.05) is 20.8 Å². The van der Waals surface area contributed by atoms with Crippen molar-refractivity contribution in [2.75, 3.05) is 10.5 Å². The van der Waals surface area contributed by atoms with Crippen LogP contribution in [0.15, 0.2) is 18.2 Å². The molecule has 0 unspecified atom stereocenters. The molecule has 0 amide bonds. The van der Waals surface area contributed by atoms with Gasteiger partial charge in [0.25, 0.3) is 5.69 Å². The number of rotatable bonds is 5. The van der Waals surface area contributed by atoms with Gasteiger partial charge in [0, 0.05) is 12.1 Å². The Kier molecular flexibility index (Phi) is 4.59. The molecule has 112 valence electrons. The largest absolute Gasteiger partial charge is 0.506 e. The van der Waals surface area contributed by atoms with E-state index < -0.39 is 14.9 Å². The molecule has 1 rings (SSSR count). The summed E-state index contributed by atoms with van der Waals surface area (Å²) in [5, 5.41) is 20.2. The molecule has 0 saturated heterocycles. The average Bonchev–Trinajstić information content (AvgIpc) is 2.28. The fraction of sp³-hybridized carbons (Fsp3) is 0.500. The molecule has 0 atom stereocenters. The third-order valence-electron chi connectivity index (χ3n) is 2.58. The highest BCUT2D eigenvalue weighted by Crippen LogP contribution is 2.29. The lowest BCUT2D eigenvalue weighted by Gasteiger charge is -2.18. The highest BCUT2D eigenvalue weighted by Gasteiger charge is 2.19. The van der Waals surface area contributed by atoms with Crippen molar-refractivity contribution in [2.24, 2.45) is 5.41 Å². The summed E-state index contributed by atoms with van der Waals surface area (Å²) >= 11 is 0. The lowest BCUT2D eigenvalue weighted by molar-refractivity contribution is -0.384. The molecule has 2 N–H and O–H groups in total. The van der Waals surface area contributed by atoms with Gasteiger partial charge >= 0.3 is 0 Å². The number of hydrogen-bond acceptors (Lipinski definition) is 5. The molecule has 8 heteroatoms. The first-order chi connectivity index (χ1) is 9.00. The number of phenolic OH excluding ortho intramolecular Hbond substituents is 1. The maximum Gasteiger partial charge on any atom is 0.271 e. The number of nitro benzene ring substituents is 1. The fourth-order valence-electron chi connectivity index (χ4n) is 1.38. The number of sulfonamides is 1. The Balaban J connectivity index is 2.92. The van der Waals surface area contributed by atoms with Crippen LogP contribution in [0.2, 0.25) is 0 Å². The number of nitrogens with one attached hydrogen (secondary N) is 1. The van der Waals surface area contributed by atoms with Gasteiger partial charge in [-0.2, -0.15) is 0 Å². The molecule has 0 fully saturated rings. The van der Waals surface area contributed by atoms with Crippen LogP contribution < -0.4 is 4.72 Å². The van der Waals surface area contributed by atoms with Gasteiger partial charge in [0.1, 0.15) is 5.75 Å². The minimum atomic E-state index is -3.67. The molecule has 1 aromatic carbocycles. The zero-order valence-electron chi connectivity index (χ0n) is 11.6. The normalized spacial score (nSPS) is 12.2. The number of phenols is 1. The Hall–Kier alpha value is -1.83. The van der Waals surface area contributed by atoms with Crippen LogP contribution in [0.1, 0.15) is 27.2 Å². The SMILES string of the molecule is CC(C)(C)CCS(=O)(=O)Nc1cc([N+](=O)[O-])ccc1O. The van der Waals surface area contributed by atoms with Crippen LogP contribution in [-0.2, 0) is 10.0 Å². The molecule has 20 heavy (non-hydrogen) atoms. The Morgan fingerprint density at radius 2 is 1.95 bits per heavy atom. The Labute approximate surface area is 117 Å². The standard InChI is InChI=1S/C12H18N2O5S/c1-12(2,3)6-7-20(18,19)13-10-8-9(14(16)17)4-5-11(10)15/h4-5,8,13,15H,6-7H2,1-3H3. The molecular formula is C12H18N2O5S. The number of nitrogens with zero attached hydrogens (tertiary/aromatic N) is 1. The van der Waals surface area contributed by atoms with Crippen LogP contribution in [-0.4, -0.2) is 24.2 Å². The van der Waals surface area contributed by atoms with Gasteiger partial charge in [0.2, 0.25) is 10.0 Å². The van der Waals surface area contributed by atoms with Crippen molar-refractivity contribution in [3.05, 3.63) is 28.3 Å². The van der Waals surface area contributed by atoms with Crippen LogP contribution in [0.5, 0.6) is 5.75 Å². The average molecular weight is 302 g/mol. The van der Waals surface area contributed by atoms with Crippen LogP contribution >= 0.6 is 0 Å². The summed E-state index contributed by atoms with van der Waals surface area (Å²) in [6, 6.07) is 3.17. The Morgan fingerprint density at radius 1 is 1.35 bits per heavy atom. The lowest BCUT2D eigenvalue weighted by atomic mass is 9.94. The van der Waals surface area contributed by atoms with Crippen LogP contribution in [0.3, 0.4) is 0 Å². The zero-order chi connectivity index (χ0) is 15.6. The van der Waals surface area contributed by atoms with E-state index >= 15 is 0 Å². The van der Waals surface area contributed by atoms with Crippen LogP contribution in [0.25, 0.3) is 0 Å². The molecule has 7 nitrogen and oxygen atoms in total. The molecule has 0 aromatic heterocycles. The summed E-state index contributed by atoms with van der Waals surface area (Å²) in [6.45, 7) is 5.73. The van der Waals surface area contributed by atoms with E-state index in [2.05, 4.69) is 4.72 Å². The van der Waals surface area contributed by atoms with E-state index in [-0.39, 0.29) is 28.3 Å². The van der Waals surface area contributed by atoms with E-state index in [0.29, 0.717) is 6.42 Å². The van der Waals surface area contributed by atoms with Crippen molar-refractivity contribution in [1.29, 1.82) is 0 Å². The fourth-order valence-corrected chi connectivity index (χ4v) is 2.86. The Morgan fingerprint density at radius 3 is 2.45 bits per heavy atom. The number of benzene rings is 1. The van der Waals surface area contributed by atoms with E-state index in [1.807, 2.05) is 20.8 Å². The van der Waals surface area contributed by atoms with Crippen molar-refractivity contribution in [1.82, 2.24) is 0 Å². The smallest absolute Gasteiger partial charge is 0.271 e. The first-order valence-corrected chi connectivity index (χ1v) is 7.63. The number of nitro groups is 1. The molecule has 0 radical (unpaired) electrons. The molecule has 0 spiro atoms. The number of hydrogen-bond donors (Lipinski definition) is 2.